The van der Waals surface area contributed by atoms with Gasteiger partial charge in [0.25, 0.3) is 5.56 Å². The third-order valence-electron chi connectivity index (χ3n) is 7.34. The molecule has 2 N–H and O–H groups in total. The number of aryl methyl sites for hydroxylation is 1. The van der Waals surface area contributed by atoms with E-state index in [1.165, 1.54) is 42.3 Å². The zero-order valence-corrected chi connectivity index (χ0v) is 27.1. The van der Waals surface area contributed by atoms with Gasteiger partial charge in [0, 0.05) is 36.1 Å². The van der Waals surface area contributed by atoms with E-state index in [4.69, 9.17) is 0 Å². The lowest BCUT2D eigenvalue weighted by Crippen LogP contribution is -2.35. The molecule has 2 heterocycles. The molecule has 232 valence electrons. The number of hydrogen-bond donors (Lipinski definition) is 2. The van der Waals surface area contributed by atoms with Gasteiger partial charge in [-0.3, -0.25) is 15.0 Å². The molecule has 1 fully saturated rings. The first kappa shape index (κ1) is 33.0. The molecule has 2 aliphatic rings. The van der Waals surface area contributed by atoms with Crippen molar-refractivity contribution in [2.45, 2.75) is 56.5 Å². The van der Waals surface area contributed by atoms with Crippen LogP contribution in [0.3, 0.4) is 0 Å². The molecule has 0 spiro atoms. The number of fused-ring (bicyclic) bond motifs is 1. The zero-order chi connectivity index (χ0) is 31.5. The van der Waals surface area contributed by atoms with Crippen LogP contribution in [-0.2, 0) is 7.05 Å². The Balaban J connectivity index is 0.000000372. The lowest BCUT2D eigenvalue weighted by molar-refractivity contribution is 0.275. The summed E-state index contributed by atoms with van der Waals surface area (Å²) in [6.07, 6.45) is 15.6. The van der Waals surface area contributed by atoms with Crippen molar-refractivity contribution in [2.75, 3.05) is 23.9 Å². The van der Waals surface area contributed by atoms with Gasteiger partial charge in [0.1, 0.15) is 5.52 Å². The van der Waals surface area contributed by atoms with Crippen LogP contribution in [0.4, 0.5) is 11.5 Å². The van der Waals surface area contributed by atoms with E-state index in [9.17, 15) is 10.0 Å². The summed E-state index contributed by atoms with van der Waals surface area (Å²) in [5.41, 5.74) is 2.14. The Hall–Kier alpha value is -3.92. The van der Waals surface area contributed by atoms with Gasteiger partial charge < -0.3 is 10.2 Å². The minimum absolute atomic E-state index is 0.000709. The van der Waals surface area contributed by atoms with E-state index >= 15 is 0 Å². The number of allylic oxidation sites excluding steroid dienone is 4. The van der Waals surface area contributed by atoms with Crippen molar-refractivity contribution in [3.05, 3.63) is 113 Å². The fourth-order valence-electron chi connectivity index (χ4n) is 4.75. The predicted molar refractivity (Wildman–Crippen MR) is 183 cm³/mol. The molecule has 0 radical (unpaired) electrons. The van der Waals surface area contributed by atoms with Crippen LogP contribution in [0.1, 0.15) is 51.1 Å². The molecule has 0 saturated heterocycles. The van der Waals surface area contributed by atoms with E-state index < -0.39 is 0 Å². The largest absolute Gasteiger partial charge is 0.362 e. The second-order valence-electron chi connectivity index (χ2n) is 11.4. The summed E-state index contributed by atoms with van der Waals surface area (Å²) >= 11 is 1.25. The first-order valence-corrected chi connectivity index (χ1v) is 15.9. The van der Waals surface area contributed by atoms with E-state index in [-0.39, 0.29) is 17.6 Å². The molecule has 2 aliphatic carbocycles. The van der Waals surface area contributed by atoms with Crippen molar-refractivity contribution >= 4 is 34.4 Å². The van der Waals surface area contributed by atoms with Crippen molar-refractivity contribution in [2.24, 2.45) is 13.0 Å². The number of hydrogen-bond acceptors (Lipinski definition) is 8. The average Bonchev–Trinajstić information content (AvgIpc) is 3.84. The number of nitrogens with zero attached hydrogens (tertiary/aromatic N) is 5. The van der Waals surface area contributed by atoms with Gasteiger partial charge in [-0.2, -0.15) is 9.57 Å². The molecule has 1 saturated carbocycles. The minimum atomic E-state index is -0.178. The third-order valence-corrected chi connectivity index (χ3v) is 8.21. The van der Waals surface area contributed by atoms with Gasteiger partial charge in [-0.05, 0) is 81.7 Å². The van der Waals surface area contributed by atoms with Crippen molar-refractivity contribution in [3.63, 3.8) is 0 Å². The van der Waals surface area contributed by atoms with Gasteiger partial charge in [-0.25, -0.2) is 4.68 Å². The zero-order valence-electron chi connectivity index (χ0n) is 26.3. The summed E-state index contributed by atoms with van der Waals surface area (Å²) in [6.45, 7) is 4.35. The van der Waals surface area contributed by atoms with E-state index in [2.05, 4.69) is 58.5 Å². The molecule has 9 heteroatoms. The van der Waals surface area contributed by atoms with Gasteiger partial charge in [-0.1, -0.05) is 74.4 Å². The molecular formula is C35H44N6O2S. The van der Waals surface area contributed by atoms with Crippen molar-refractivity contribution in [1.82, 2.24) is 19.7 Å². The Morgan fingerprint density at radius 2 is 1.61 bits per heavy atom. The fourth-order valence-corrected chi connectivity index (χ4v) is 5.46. The number of benzene rings is 2. The smallest absolute Gasteiger partial charge is 0.276 e. The first-order valence-electron chi connectivity index (χ1n) is 15.1. The Morgan fingerprint density at radius 1 is 0.977 bits per heavy atom. The summed E-state index contributed by atoms with van der Waals surface area (Å²) in [5.74, 6) is 1.65. The second kappa shape index (κ2) is 16.2. The standard InChI is InChI=1S/C25H28N6O2S.C6H8.C4H8/c1-17(27-24-22-21(11-8-16-26-22)25(32)30(4)28-24)23(29(2)3)18-12-14-19(15-13-18)31(33)34-20-9-6-5-7-10-20;1-2-4-6-5-3-1;1-4-2-3-4/h5-17,23,33H,1-4H3,(H,27,28);1-4H,5-6H2;4H,2-3H2,1H3. The normalized spacial score (nSPS) is 15.1. The fraction of sp³-hybridized carbons (Fsp3) is 0.343. The highest BCUT2D eigenvalue weighted by Gasteiger charge is 2.24. The van der Waals surface area contributed by atoms with Crippen LogP contribution in [0.5, 0.6) is 0 Å². The van der Waals surface area contributed by atoms with Crippen molar-refractivity contribution in [1.29, 1.82) is 0 Å². The maximum atomic E-state index is 12.4. The minimum Gasteiger partial charge on any atom is -0.362 e. The molecule has 2 unspecified atom stereocenters. The Bertz CT molecular complexity index is 1570. The highest BCUT2D eigenvalue weighted by molar-refractivity contribution is 8.00. The van der Waals surface area contributed by atoms with Crippen LogP contribution in [0, 0.1) is 5.92 Å². The second-order valence-corrected chi connectivity index (χ2v) is 12.4. The maximum Gasteiger partial charge on any atom is 0.276 e. The lowest BCUT2D eigenvalue weighted by atomic mass is 9.99. The van der Waals surface area contributed by atoms with Gasteiger partial charge in [0.2, 0.25) is 0 Å². The first-order chi connectivity index (χ1) is 21.2. The third kappa shape index (κ3) is 9.54. The van der Waals surface area contributed by atoms with E-state index in [0.717, 1.165) is 20.8 Å². The molecule has 44 heavy (non-hydrogen) atoms. The average molecular weight is 613 g/mol. The molecule has 0 bridgehead atoms. The van der Waals surface area contributed by atoms with Gasteiger partial charge in [0.15, 0.2) is 5.82 Å². The lowest BCUT2D eigenvalue weighted by Gasteiger charge is -2.32. The number of aromatic nitrogens is 3. The summed E-state index contributed by atoms with van der Waals surface area (Å²) in [7, 11) is 5.68. The van der Waals surface area contributed by atoms with Crippen LogP contribution in [0.2, 0.25) is 0 Å². The van der Waals surface area contributed by atoms with Gasteiger partial charge in [0.05, 0.1) is 17.1 Å². The molecule has 2 aromatic carbocycles. The number of anilines is 2. The number of rotatable bonds is 8. The van der Waals surface area contributed by atoms with Crippen LogP contribution < -0.4 is 15.3 Å². The molecular weight excluding hydrogens is 568 g/mol. The van der Waals surface area contributed by atoms with Crippen LogP contribution >= 0.6 is 11.9 Å². The summed E-state index contributed by atoms with van der Waals surface area (Å²) in [5, 5.41) is 18.9. The molecule has 4 aromatic rings. The van der Waals surface area contributed by atoms with E-state index in [1.807, 2.05) is 68.7 Å². The van der Waals surface area contributed by atoms with Crippen molar-refractivity contribution in [3.8, 4) is 0 Å². The van der Waals surface area contributed by atoms with Gasteiger partial charge >= 0.3 is 0 Å². The van der Waals surface area contributed by atoms with E-state index in [1.54, 1.807) is 25.4 Å². The predicted octanol–water partition coefficient (Wildman–Crippen LogP) is 7.64. The highest BCUT2D eigenvalue weighted by Crippen LogP contribution is 2.31. The van der Waals surface area contributed by atoms with Crippen LogP contribution in [-0.4, -0.2) is 45.0 Å². The highest BCUT2D eigenvalue weighted by atomic mass is 32.2. The summed E-state index contributed by atoms with van der Waals surface area (Å²) in [4.78, 5) is 19.9. The van der Waals surface area contributed by atoms with Crippen LogP contribution in [0.25, 0.3) is 10.9 Å². The van der Waals surface area contributed by atoms with E-state index in [0.29, 0.717) is 22.4 Å². The SMILES string of the molecule is C1=CCCC=C1.CC(Nc1nn(C)c(=O)c2cccnc12)C(c1ccc(N(O)Sc2ccccc2)cc1)N(C)C.CC1CC1. The molecule has 0 amide bonds. The van der Waals surface area contributed by atoms with Crippen LogP contribution in [0.15, 0.2) is 107 Å². The quantitative estimate of drug-likeness (QED) is 0.155. The Labute approximate surface area is 265 Å². The number of likely N-dealkylation sites (N-methyl/N-ethyl adjacent to an activating group) is 1. The summed E-state index contributed by atoms with van der Waals surface area (Å²) in [6, 6.07) is 21.0. The molecule has 8 nitrogen and oxygen atoms in total. The molecule has 6 rings (SSSR count). The monoisotopic (exact) mass is 612 g/mol. The Kier molecular flexibility index (Phi) is 12.2. The van der Waals surface area contributed by atoms with Gasteiger partial charge in [-0.15, -0.1) is 0 Å². The number of pyridine rings is 1. The molecule has 0 aliphatic heterocycles. The Morgan fingerprint density at radius 3 is 2.16 bits per heavy atom. The maximum absolute atomic E-state index is 12.4. The summed E-state index contributed by atoms with van der Waals surface area (Å²) < 4.78 is 2.50. The molecule has 2 aromatic heterocycles. The topological polar surface area (TPSA) is 86.5 Å². The van der Waals surface area contributed by atoms with Crippen molar-refractivity contribution < 1.29 is 5.21 Å². The molecule has 2 atom stereocenters. The number of nitrogens with one attached hydrogen (secondary N) is 1.